The molecule has 2 aromatic rings. The molecule has 1 N–H and O–H groups in total. The Balaban J connectivity index is 1.88. The van der Waals surface area contributed by atoms with Gasteiger partial charge in [-0.25, -0.2) is 0 Å². The quantitative estimate of drug-likeness (QED) is 0.852. The Morgan fingerprint density at radius 3 is 2.73 bits per heavy atom. The van der Waals surface area contributed by atoms with Crippen LogP contribution in [-0.4, -0.2) is 25.1 Å². The van der Waals surface area contributed by atoms with Crippen molar-refractivity contribution < 1.29 is 14.3 Å². The Bertz CT molecular complexity index is 615. The molecule has 1 aromatic heterocycles. The third kappa shape index (κ3) is 4.22. The number of para-hydroxylation sites is 1. The highest BCUT2D eigenvalue weighted by Crippen LogP contribution is 2.30. The number of aromatic nitrogens is 1. The Labute approximate surface area is 130 Å². The SMILES string of the molecule is COc1cccc(CNC(=O)CCc2cccnc2)c1OC. The number of nitrogens with one attached hydrogen (secondary N) is 1. The predicted octanol–water partition coefficient (Wildman–Crippen LogP) is 2.35. The van der Waals surface area contributed by atoms with Crippen LogP contribution >= 0.6 is 0 Å². The smallest absolute Gasteiger partial charge is 0.220 e. The van der Waals surface area contributed by atoms with Crippen molar-refractivity contribution in [3.63, 3.8) is 0 Å². The number of pyridine rings is 1. The van der Waals surface area contributed by atoms with E-state index < -0.39 is 0 Å². The molecule has 1 heterocycles. The van der Waals surface area contributed by atoms with Crippen molar-refractivity contribution >= 4 is 5.91 Å². The third-order valence-corrected chi connectivity index (χ3v) is 3.32. The molecule has 1 amide bonds. The van der Waals surface area contributed by atoms with Gasteiger partial charge in [-0.15, -0.1) is 0 Å². The van der Waals surface area contributed by atoms with Gasteiger partial charge in [0.2, 0.25) is 5.91 Å². The van der Waals surface area contributed by atoms with Crippen LogP contribution in [0.2, 0.25) is 0 Å². The lowest BCUT2D eigenvalue weighted by atomic mass is 10.1. The summed E-state index contributed by atoms with van der Waals surface area (Å²) in [4.78, 5) is 16.0. The van der Waals surface area contributed by atoms with E-state index in [0.29, 0.717) is 30.9 Å². The molecule has 0 saturated heterocycles. The third-order valence-electron chi connectivity index (χ3n) is 3.32. The average molecular weight is 300 g/mol. The summed E-state index contributed by atoms with van der Waals surface area (Å²) in [5.41, 5.74) is 1.94. The minimum Gasteiger partial charge on any atom is -0.493 e. The number of aryl methyl sites for hydroxylation is 1. The van der Waals surface area contributed by atoms with Crippen molar-refractivity contribution in [2.45, 2.75) is 19.4 Å². The minimum atomic E-state index is -0.00581. The summed E-state index contributed by atoms with van der Waals surface area (Å²) >= 11 is 0. The first-order valence-corrected chi connectivity index (χ1v) is 7.10. The van der Waals surface area contributed by atoms with Crippen LogP contribution in [0.3, 0.4) is 0 Å². The van der Waals surface area contributed by atoms with Gasteiger partial charge in [-0.2, -0.15) is 0 Å². The summed E-state index contributed by atoms with van der Waals surface area (Å²) in [6.45, 7) is 0.409. The van der Waals surface area contributed by atoms with Crippen molar-refractivity contribution in [1.29, 1.82) is 0 Å². The number of carbonyl (C=O) groups excluding carboxylic acids is 1. The van der Waals surface area contributed by atoms with Gasteiger partial charge in [0.1, 0.15) is 0 Å². The number of nitrogens with zero attached hydrogens (tertiary/aromatic N) is 1. The molecule has 0 unspecified atom stereocenters. The van der Waals surface area contributed by atoms with Gasteiger partial charge in [0.05, 0.1) is 14.2 Å². The fraction of sp³-hybridized carbons (Fsp3) is 0.294. The van der Waals surface area contributed by atoms with E-state index in [4.69, 9.17) is 9.47 Å². The monoisotopic (exact) mass is 300 g/mol. The second kappa shape index (κ2) is 8.02. The number of methoxy groups -OCH3 is 2. The topological polar surface area (TPSA) is 60.5 Å². The molecule has 0 bridgehead atoms. The number of benzene rings is 1. The number of hydrogen-bond acceptors (Lipinski definition) is 4. The van der Waals surface area contributed by atoms with Gasteiger partial charge >= 0.3 is 0 Å². The zero-order chi connectivity index (χ0) is 15.8. The van der Waals surface area contributed by atoms with Gasteiger partial charge in [-0.3, -0.25) is 9.78 Å². The predicted molar refractivity (Wildman–Crippen MR) is 84.0 cm³/mol. The van der Waals surface area contributed by atoms with E-state index >= 15 is 0 Å². The molecule has 0 aliphatic heterocycles. The molecule has 0 atom stereocenters. The van der Waals surface area contributed by atoms with Gasteiger partial charge in [-0.1, -0.05) is 18.2 Å². The van der Waals surface area contributed by atoms with Crippen molar-refractivity contribution in [1.82, 2.24) is 10.3 Å². The first kappa shape index (κ1) is 15.8. The van der Waals surface area contributed by atoms with Crippen LogP contribution in [0, 0.1) is 0 Å². The maximum Gasteiger partial charge on any atom is 0.220 e. The lowest BCUT2D eigenvalue weighted by Gasteiger charge is -2.13. The Morgan fingerprint density at radius 2 is 2.05 bits per heavy atom. The normalized spacial score (nSPS) is 10.1. The zero-order valence-corrected chi connectivity index (χ0v) is 12.8. The van der Waals surface area contributed by atoms with Crippen molar-refractivity contribution in [3.05, 3.63) is 53.9 Å². The van der Waals surface area contributed by atoms with Crippen molar-refractivity contribution in [3.8, 4) is 11.5 Å². The van der Waals surface area contributed by atoms with E-state index in [9.17, 15) is 4.79 Å². The van der Waals surface area contributed by atoms with E-state index in [-0.39, 0.29) is 5.91 Å². The maximum atomic E-state index is 11.9. The van der Waals surface area contributed by atoms with E-state index in [1.54, 1.807) is 26.6 Å². The van der Waals surface area contributed by atoms with E-state index in [2.05, 4.69) is 10.3 Å². The average Bonchev–Trinajstić information content (AvgIpc) is 2.58. The minimum absolute atomic E-state index is 0.00581. The molecular formula is C17H20N2O3. The van der Waals surface area contributed by atoms with E-state index in [1.807, 2.05) is 30.3 Å². The van der Waals surface area contributed by atoms with Gasteiger partial charge in [-0.05, 0) is 24.1 Å². The summed E-state index contributed by atoms with van der Waals surface area (Å²) in [5, 5.41) is 2.90. The first-order chi connectivity index (χ1) is 10.7. The standard InChI is InChI=1S/C17H20N2O3/c1-21-15-7-3-6-14(17(15)22-2)12-19-16(20)9-8-13-5-4-10-18-11-13/h3-7,10-11H,8-9,12H2,1-2H3,(H,19,20). The van der Waals surface area contributed by atoms with Crippen LogP contribution in [-0.2, 0) is 17.8 Å². The molecule has 0 aliphatic carbocycles. The molecule has 0 fully saturated rings. The summed E-state index contributed by atoms with van der Waals surface area (Å²) < 4.78 is 10.6. The molecular weight excluding hydrogens is 280 g/mol. The Kier molecular flexibility index (Phi) is 5.77. The number of carbonyl (C=O) groups is 1. The Morgan fingerprint density at radius 1 is 1.18 bits per heavy atom. The van der Waals surface area contributed by atoms with Gasteiger partial charge in [0, 0.05) is 30.9 Å². The summed E-state index contributed by atoms with van der Waals surface area (Å²) in [5.74, 6) is 1.30. The van der Waals surface area contributed by atoms with Crippen LogP contribution in [0.15, 0.2) is 42.7 Å². The number of amides is 1. The van der Waals surface area contributed by atoms with Crippen molar-refractivity contribution in [2.24, 2.45) is 0 Å². The summed E-state index contributed by atoms with van der Waals surface area (Å²) in [6, 6.07) is 9.44. The van der Waals surface area contributed by atoms with Crippen LogP contribution in [0.4, 0.5) is 0 Å². The lowest BCUT2D eigenvalue weighted by Crippen LogP contribution is -2.23. The molecule has 1 aromatic carbocycles. The molecule has 0 spiro atoms. The summed E-state index contributed by atoms with van der Waals surface area (Å²) in [6.07, 6.45) is 4.60. The zero-order valence-electron chi connectivity index (χ0n) is 12.8. The highest BCUT2D eigenvalue weighted by Gasteiger charge is 2.10. The molecule has 22 heavy (non-hydrogen) atoms. The first-order valence-electron chi connectivity index (χ1n) is 7.10. The van der Waals surface area contributed by atoms with Gasteiger partial charge in [0.25, 0.3) is 0 Å². The fourth-order valence-corrected chi connectivity index (χ4v) is 2.18. The molecule has 5 nitrogen and oxygen atoms in total. The molecule has 0 radical (unpaired) electrons. The Hall–Kier alpha value is -2.56. The van der Waals surface area contributed by atoms with Crippen LogP contribution in [0.1, 0.15) is 17.5 Å². The lowest BCUT2D eigenvalue weighted by molar-refractivity contribution is -0.121. The second-order valence-electron chi connectivity index (χ2n) is 4.79. The molecule has 0 saturated carbocycles. The highest BCUT2D eigenvalue weighted by molar-refractivity contribution is 5.76. The highest BCUT2D eigenvalue weighted by atomic mass is 16.5. The number of rotatable bonds is 7. The second-order valence-corrected chi connectivity index (χ2v) is 4.79. The van der Waals surface area contributed by atoms with Crippen LogP contribution in [0.25, 0.3) is 0 Å². The maximum absolute atomic E-state index is 11.9. The molecule has 0 aliphatic rings. The molecule has 2 rings (SSSR count). The number of hydrogen-bond donors (Lipinski definition) is 1. The van der Waals surface area contributed by atoms with E-state index in [0.717, 1.165) is 11.1 Å². The fourth-order valence-electron chi connectivity index (χ4n) is 2.18. The summed E-state index contributed by atoms with van der Waals surface area (Å²) in [7, 11) is 3.18. The van der Waals surface area contributed by atoms with Gasteiger partial charge in [0.15, 0.2) is 11.5 Å². The molecule has 116 valence electrons. The van der Waals surface area contributed by atoms with Gasteiger partial charge < -0.3 is 14.8 Å². The largest absolute Gasteiger partial charge is 0.493 e. The van der Waals surface area contributed by atoms with Crippen molar-refractivity contribution in [2.75, 3.05) is 14.2 Å². The number of ether oxygens (including phenoxy) is 2. The van der Waals surface area contributed by atoms with E-state index in [1.165, 1.54) is 0 Å². The molecule has 5 heteroatoms. The van der Waals surface area contributed by atoms with Crippen LogP contribution < -0.4 is 14.8 Å². The van der Waals surface area contributed by atoms with Crippen LogP contribution in [0.5, 0.6) is 11.5 Å².